The lowest BCUT2D eigenvalue weighted by Crippen LogP contribution is -2.29. The molecule has 0 atom stereocenters. The molecule has 0 unspecified atom stereocenters. The number of methoxy groups -OCH3 is 1. The van der Waals surface area contributed by atoms with E-state index in [1.54, 1.807) is 7.11 Å². The molecule has 0 spiro atoms. The normalized spacial score (nSPS) is 10.8. The fourth-order valence-electron chi connectivity index (χ4n) is 2.44. The minimum absolute atomic E-state index is 0.140. The number of nitrogens with two attached hydrogens (primary N) is 1. The number of nitrogen functional groups attached to an aromatic ring is 1. The lowest BCUT2D eigenvalue weighted by Gasteiger charge is -2.17. The Morgan fingerprint density at radius 1 is 1.29 bits per heavy atom. The Bertz CT molecular complexity index is 829. The van der Waals surface area contributed by atoms with Gasteiger partial charge in [0, 0.05) is 5.56 Å². The predicted octanol–water partition coefficient (Wildman–Crippen LogP) is 3.53. The smallest absolute Gasteiger partial charge is 0.240 e. The van der Waals surface area contributed by atoms with Crippen LogP contribution in [0.4, 0.5) is 11.8 Å². The third-order valence-corrected chi connectivity index (χ3v) is 4.72. The molecule has 1 amide bonds. The van der Waals surface area contributed by atoms with E-state index in [-0.39, 0.29) is 30.1 Å². The summed E-state index contributed by atoms with van der Waals surface area (Å²) < 4.78 is 12.3. The molecule has 4 N–H and O–H groups in total. The molecule has 9 heteroatoms. The molecule has 0 aliphatic carbocycles. The number of halogens is 1. The summed E-state index contributed by atoms with van der Waals surface area (Å²) in [4.78, 5) is 20.1. The molecular weight excluding hydrogens is 473 g/mol. The number of hydrogen-bond donors (Lipinski definition) is 3. The average molecular weight is 499 g/mol. The molecule has 1 aromatic carbocycles. The van der Waals surface area contributed by atoms with Crippen molar-refractivity contribution in [2.45, 2.75) is 33.1 Å². The summed E-state index contributed by atoms with van der Waals surface area (Å²) in [7, 11) is 1.64. The van der Waals surface area contributed by atoms with Crippen LogP contribution in [0.1, 0.15) is 38.7 Å². The zero-order valence-electron chi connectivity index (χ0n) is 16.5. The maximum Gasteiger partial charge on any atom is 0.240 e. The number of nitrogens with zero attached hydrogens (tertiary/aromatic N) is 2. The highest BCUT2D eigenvalue weighted by molar-refractivity contribution is 14.1. The average Bonchev–Trinajstić information content (AvgIpc) is 2.64. The van der Waals surface area contributed by atoms with E-state index in [1.165, 1.54) is 6.20 Å². The van der Waals surface area contributed by atoms with Gasteiger partial charge in [0.25, 0.3) is 0 Å². The Morgan fingerprint density at radius 2 is 2.04 bits per heavy atom. The molecule has 2 aromatic rings. The van der Waals surface area contributed by atoms with Gasteiger partial charge in [-0.05, 0) is 53.6 Å². The fraction of sp³-hybridized carbons (Fsp3) is 0.421. The molecule has 0 bridgehead atoms. The number of benzene rings is 1. The maximum absolute atomic E-state index is 11.9. The molecule has 0 radical (unpaired) electrons. The van der Waals surface area contributed by atoms with Crippen LogP contribution in [0.3, 0.4) is 0 Å². The second-order valence-electron chi connectivity index (χ2n) is 6.45. The molecule has 0 aliphatic heterocycles. The number of nitrogens with one attached hydrogen (secondary N) is 2. The number of aromatic nitrogens is 2. The minimum Gasteiger partial charge on any atom is -0.496 e. The van der Waals surface area contributed by atoms with Crippen molar-refractivity contribution in [1.82, 2.24) is 15.3 Å². The van der Waals surface area contributed by atoms with E-state index >= 15 is 0 Å². The van der Waals surface area contributed by atoms with Crippen molar-refractivity contribution in [3.63, 3.8) is 0 Å². The second-order valence-corrected chi connectivity index (χ2v) is 7.61. The van der Waals surface area contributed by atoms with E-state index in [9.17, 15) is 4.79 Å². The summed E-state index contributed by atoms with van der Waals surface area (Å²) in [6, 6.07) is 3.85. The highest BCUT2D eigenvalue weighted by Gasteiger charge is 2.16. The quantitative estimate of drug-likeness (QED) is 0.358. The van der Waals surface area contributed by atoms with Crippen molar-refractivity contribution in [1.29, 1.82) is 0 Å². The van der Waals surface area contributed by atoms with Gasteiger partial charge in [-0.1, -0.05) is 20.8 Å². The summed E-state index contributed by atoms with van der Waals surface area (Å²) in [6.07, 6.45) is 2.41. The SMILES string of the molecule is CCCNCC(=O)Nc1ncc(Oc2cc(I)c(OC)cc2C(C)C)c(N)n1. The highest BCUT2D eigenvalue weighted by Crippen LogP contribution is 2.37. The van der Waals surface area contributed by atoms with Crippen LogP contribution in [-0.4, -0.2) is 36.1 Å². The van der Waals surface area contributed by atoms with Crippen LogP contribution in [0.15, 0.2) is 18.3 Å². The van der Waals surface area contributed by atoms with E-state index < -0.39 is 0 Å². The van der Waals surface area contributed by atoms with Gasteiger partial charge in [-0.15, -0.1) is 0 Å². The predicted molar refractivity (Wildman–Crippen MR) is 118 cm³/mol. The van der Waals surface area contributed by atoms with Crippen molar-refractivity contribution in [2.75, 3.05) is 31.2 Å². The molecule has 0 saturated heterocycles. The fourth-order valence-corrected chi connectivity index (χ4v) is 3.09. The first kappa shape index (κ1) is 22.2. The minimum atomic E-state index is -0.228. The highest BCUT2D eigenvalue weighted by atomic mass is 127. The summed E-state index contributed by atoms with van der Waals surface area (Å²) in [5.41, 5.74) is 7.00. The van der Waals surface area contributed by atoms with E-state index in [0.29, 0.717) is 11.5 Å². The van der Waals surface area contributed by atoms with Gasteiger partial charge in [0.2, 0.25) is 11.9 Å². The molecule has 1 heterocycles. The number of carbonyl (C=O) groups excluding carboxylic acids is 1. The van der Waals surface area contributed by atoms with Crippen LogP contribution < -0.4 is 25.8 Å². The first-order valence-corrected chi connectivity index (χ1v) is 10.1. The molecule has 0 aliphatic rings. The summed E-state index contributed by atoms with van der Waals surface area (Å²) in [5, 5.41) is 5.62. The zero-order chi connectivity index (χ0) is 20.7. The van der Waals surface area contributed by atoms with Gasteiger partial charge in [0.05, 0.1) is 23.4 Å². The van der Waals surface area contributed by atoms with Gasteiger partial charge < -0.3 is 20.5 Å². The summed E-state index contributed by atoms with van der Waals surface area (Å²) in [6.45, 7) is 7.13. The van der Waals surface area contributed by atoms with E-state index in [4.69, 9.17) is 15.2 Å². The molecule has 8 nitrogen and oxygen atoms in total. The monoisotopic (exact) mass is 499 g/mol. The Balaban J connectivity index is 2.17. The van der Waals surface area contributed by atoms with Crippen molar-refractivity contribution < 1.29 is 14.3 Å². The molecule has 28 heavy (non-hydrogen) atoms. The summed E-state index contributed by atoms with van der Waals surface area (Å²) in [5.74, 6) is 2.05. The number of hydrogen-bond acceptors (Lipinski definition) is 7. The third kappa shape index (κ3) is 5.93. The lowest BCUT2D eigenvalue weighted by molar-refractivity contribution is -0.115. The molecule has 152 valence electrons. The largest absolute Gasteiger partial charge is 0.496 e. The van der Waals surface area contributed by atoms with Crippen molar-refractivity contribution in [3.8, 4) is 17.2 Å². The number of anilines is 2. The van der Waals surface area contributed by atoms with Crippen molar-refractivity contribution in [2.24, 2.45) is 0 Å². The summed E-state index contributed by atoms with van der Waals surface area (Å²) >= 11 is 2.19. The number of rotatable bonds is 9. The van der Waals surface area contributed by atoms with Gasteiger partial charge in [0.1, 0.15) is 11.5 Å². The van der Waals surface area contributed by atoms with E-state index in [2.05, 4.69) is 57.0 Å². The lowest BCUT2D eigenvalue weighted by atomic mass is 10.0. The Hall–Kier alpha value is -2.14. The van der Waals surface area contributed by atoms with E-state index in [1.807, 2.05) is 19.1 Å². The number of ether oxygens (including phenoxy) is 2. The standard InChI is InChI=1S/C19H26IN5O3/c1-5-6-22-10-17(26)24-19-23-9-16(18(21)25-19)28-14-8-13(20)15(27-4)7-12(14)11(2)3/h7-9,11,22H,5-6,10H2,1-4H3,(H3,21,23,24,25,26). The van der Waals surface area contributed by atoms with E-state index in [0.717, 1.165) is 27.8 Å². The van der Waals surface area contributed by atoms with Crippen molar-refractivity contribution >= 4 is 40.3 Å². The number of amides is 1. The molecule has 0 fully saturated rings. The third-order valence-electron chi connectivity index (χ3n) is 3.87. The van der Waals surface area contributed by atoms with Gasteiger partial charge in [-0.2, -0.15) is 4.98 Å². The first-order valence-electron chi connectivity index (χ1n) is 9.04. The van der Waals surface area contributed by atoms with Crippen LogP contribution in [0, 0.1) is 3.57 Å². The maximum atomic E-state index is 11.9. The molecule has 2 rings (SSSR count). The van der Waals surface area contributed by atoms with Gasteiger partial charge in [-0.3, -0.25) is 10.1 Å². The van der Waals surface area contributed by atoms with Gasteiger partial charge >= 0.3 is 0 Å². The van der Waals surface area contributed by atoms with Gasteiger partial charge in [-0.25, -0.2) is 4.98 Å². The second kappa shape index (κ2) is 10.4. The van der Waals surface area contributed by atoms with Crippen LogP contribution in [-0.2, 0) is 4.79 Å². The Morgan fingerprint density at radius 3 is 2.64 bits per heavy atom. The van der Waals surface area contributed by atoms with Crippen LogP contribution in [0.2, 0.25) is 0 Å². The zero-order valence-corrected chi connectivity index (χ0v) is 18.7. The molecule has 1 aromatic heterocycles. The van der Waals surface area contributed by atoms with Crippen LogP contribution in [0.5, 0.6) is 17.2 Å². The van der Waals surface area contributed by atoms with Gasteiger partial charge in [0.15, 0.2) is 11.6 Å². The Kier molecular flexibility index (Phi) is 8.24. The van der Waals surface area contributed by atoms with Crippen molar-refractivity contribution in [3.05, 3.63) is 27.5 Å². The molecule has 0 saturated carbocycles. The first-order chi connectivity index (χ1) is 13.3. The molecular formula is C19H26IN5O3. The Labute approximate surface area is 178 Å². The number of carbonyl (C=O) groups is 1. The topological polar surface area (TPSA) is 111 Å². The van der Waals surface area contributed by atoms with Crippen LogP contribution >= 0.6 is 22.6 Å². The van der Waals surface area contributed by atoms with Crippen LogP contribution in [0.25, 0.3) is 0 Å².